The van der Waals surface area contributed by atoms with Gasteiger partial charge in [0.1, 0.15) is 0 Å². The molecular weight excluding hydrogens is 186 g/mol. The standard InChI is InChI=1S/C12H19N3/c1-15(2)6-5-12-11(13)7-10(8-14-12)9-3-4-9/h7-9H,3-6,13H2,1-2H3. The largest absolute Gasteiger partial charge is 0.397 e. The Morgan fingerprint density at radius 3 is 2.73 bits per heavy atom. The second kappa shape index (κ2) is 4.19. The van der Waals surface area contributed by atoms with E-state index in [1.165, 1.54) is 18.4 Å². The van der Waals surface area contributed by atoms with Crippen molar-refractivity contribution in [2.24, 2.45) is 0 Å². The van der Waals surface area contributed by atoms with E-state index in [0.29, 0.717) is 0 Å². The molecule has 0 radical (unpaired) electrons. The number of hydrogen-bond acceptors (Lipinski definition) is 3. The summed E-state index contributed by atoms with van der Waals surface area (Å²) >= 11 is 0. The first-order valence-corrected chi connectivity index (χ1v) is 5.56. The number of nitrogens with two attached hydrogens (primary N) is 1. The fourth-order valence-electron chi connectivity index (χ4n) is 1.71. The van der Waals surface area contributed by atoms with Gasteiger partial charge in [0.05, 0.1) is 11.4 Å². The fraction of sp³-hybridized carbons (Fsp3) is 0.583. The second-order valence-corrected chi connectivity index (χ2v) is 4.63. The molecule has 2 rings (SSSR count). The van der Waals surface area contributed by atoms with Crippen molar-refractivity contribution in [3.8, 4) is 0 Å². The monoisotopic (exact) mass is 205 g/mol. The maximum Gasteiger partial charge on any atom is 0.0645 e. The van der Waals surface area contributed by atoms with E-state index < -0.39 is 0 Å². The Morgan fingerprint density at radius 1 is 1.47 bits per heavy atom. The molecule has 1 aliphatic rings. The SMILES string of the molecule is CN(C)CCc1ncc(C2CC2)cc1N. The third kappa shape index (κ3) is 2.69. The van der Waals surface area contributed by atoms with Crippen LogP contribution in [-0.2, 0) is 6.42 Å². The quantitative estimate of drug-likeness (QED) is 0.812. The van der Waals surface area contributed by atoms with Crippen molar-refractivity contribution in [2.75, 3.05) is 26.4 Å². The van der Waals surface area contributed by atoms with Gasteiger partial charge in [-0.05, 0) is 44.5 Å². The molecular formula is C12H19N3. The first kappa shape index (κ1) is 10.4. The molecule has 1 aromatic heterocycles. The van der Waals surface area contributed by atoms with Crippen molar-refractivity contribution >= 4 is 5.69 Å². The Labute approximate surface area is 91.3 Å². The molecule has 1 aliphatic carbocycles. The van der Waals surface area contributed by atoms with Crippen molar-refractivity contribution in [2.45, 2.75) is 25.2 Å². The summed E-state index contributed by atoms with van der Waals surface area (Å²) in [5.74, 6) is 0.739. The third-order valence-corrected chi connectivity index (χ3v) is 2.87. The number of pyridine rings is 1. The van der Waals surface area contributed by atoms with Gasteiger partial charge in [-0.3, -0.25) is 4.98 Å². The van der Waals surface area contributed by atoms with E-state index >= 15 is 0 Å². The van der Waals surface area contributed by atoms with Crippen LogP contribution >= 0.6 is 0 Å². The third-order valence-electron chi connectivity index (χ3n) is 2.87. The molecule has 0 spiro atoms. The summed E-state index contributed by atoms with van der Waals surface area (Å²) in [5.41, 5.74) is 9.21. The van der Waals surface area contributed by atoms with Gasteiger partial charge in [-0.1, -0.05) is 0 Å². The van der Waals surface area contributed by atoms with Crippen LogP contribution in [0.1, 0.15) is 30.0 Å². The van der Waals surface area contributed by atoms with Crippen LogP contribution in [-0.4, -0.2) is 30.5 Å². The molecule has 1 heterocycles. The topological polar surface area (TPSA) is 42.2 Å². The number of anilines is 1. The van der Waals surface area contributed by atoms with E-state index in [1.54, 1.807) is 0 Å². The Bertz CT molecular complexity index is 343. The van der Waals surface area contributed by atoms with Crippen LogP contribution in [0, 0.1) is 0 Å². The van der Waals surface area contributed by atoms with Gasteiger partial charge < -0.3 is 10.6 Å². The first-order chi connectivity index (χ1) is 7.16. The molecule has 0 saturated heterocycles. The van der Waals surface area contributed by atoms with E-state index in [0.717, 1.165) is 30.3 Å². The predicted octanol–water partition coefficient (Wildman–Crippen LogP) is 1.65. The van der Waals surface area contributed by atoms with Gasteiger partial charge in [0.25, 0.3) is 0 Å². The van der Waals surface area contributed by atoms with Gasteiger partial charge in [0.2, 0.25) is 0 Å². The van der Waals surface area contributed by atoms with E-state index in [-0.39, 0.29) is 0 Å². The molecule has 1 fully saturated rings. The molecule has 1 saturated carbocycles. The van der Waals surface area contributed by atoms with Crippen LogP contribution in [0.15, 0.2) is 12.3 Å². The van der Waals surface area contributed by atoms with Crippen LogP contribution in [0.2, 0.25) is 0 Å². The second-order valence-electron chi connectivity index (χ2n) is 4.63. The highest BCUT2D eigenvalue weighted by Gasteiger charge is 2.24. The molecule has 3 heteroatoms. The smallest absolute Gasteiger partial charge is 0.0645 e. The molecule has 2 N–H and O–H groups in total. The van der Waals surface area contributed by atoms with Gasteiger partial charge in [-0.2, -0.15) is 0 Å². The molecule has 15 heavy (non-hydrogen) atoms. The molecule has 82 valence electrons. The molecule has 0 aliphatic heterocycles. The minimum Gasteiger partial charge on any atom is -0.397 e. The Balaban J connectivity index is 2.05. The minimum atomic E-state index is 0.739. The molecule has 0 unspecified atom stereocenters. The van der Waals surface area contributed by atoms with Crippen molar-refractivity contribution in [3.63, 3.8) is 0 Å². The summed E-state index contributed by atoms with van der Waals surface area (Å²) in [5, 5.41) is 0. The fourth-order valence-corrected chi connectivity index (χ4v) is 1.71. The van der Waals surface area contributed by atoms with Crippen LogP contribution in [0.4, 0.5) is 5.69 Å². The summed E-state index contributed by atoms with van der Waals surface area (Å²) in [6.07, 6.45) is 5.54. The van der Waals surface area contributed by atoms with Gasteiger partial charge in [0.15, 0.2) is 0 Å². The number of hydrogen-bond donors (Lipinski definition) is 1. The van der Waals surface area contributed by atoms with E-state index in [1.807, 2.05) is 6.20 Å². The molecule has 1 aromatic rings. The van der Waals surface area contributed by atoms with Gasteiger partial charge >= 0.3 is 0 Å². The van der Waals surface area contributed by atoms with Gasteiger partial charge in [-0.25, -0.2) is 0 Å². The lowest BCUT2D eigenvalue weighted by atomic mass is 10.1. The zero-order valence-corrected chi connectivity index (χ0v) is 9.53. The lowest BCUT2D eigenvalue weighted by Crippen LogP contribution is -2.16. The van der Waals surface area contributed by atoms with Crippen molar-refractivity contribution in [3.05, 3.63) is 23.5 Å². The lowest BCUT2D eigenvalue weighted by Gasteiger charge is -2.11. The van der Waals surface area contributed by atoms with Crippen molar-refractivity contribution < 1.29 is 0 Å². The van der Waals surface area contributed by atoms with Crippen molar-refractivity contribution in [1.29, 1.82) is 0 Å². The highest BCUT2D eigenvalue weighted by Crippen LogP contribution is 2.40. The van der Waals surface area contributed by atoms with Gasteiger partial charge in [-0.15, -0.1) is 0 Å². The van der Waals surface area contributed by atoms with Crippen LogP contribution in [0.5, 0.6) is 0 Å². The Hall–Kier alpha value is -1.09. The Morgan fingerprint density at radius 2 is 2.20 bits per heavy atom. The van der Waals surface area contributed by atoms with E-state index in [4.69, 9.17) is 5.73 Å². The normalized spacial score (nSPS) is 15.9. The summed E-state index contributed by atoms with van der Waals surface area (Å²) < 4.78 is 0. The lowest BCUT2D eigenvalue weighted by molar-refractivity contribution is 0.412. The molecule has 0 aromatic carbocycles. The maximum absolute atomic E-state index is 5.99. The maximum atomic E-state index is 5.99. The number of aromatic nitrogens is 1. The summed E-state index contributed by atoms with van der Waals surface area (Å²) in [7, 11) is 4.13. The summed E-state index contributed by atoms with van der Waals surface area (Å²) in [6, 6.07) is 2.11. The minimum absolute atomic E-state index is 0.739. The summed E-state index contributed by atoms with van der Waals surface area (Å²) in [4.78, 5) is 6.61. The molecule has 0 bridgehead atoms. The number of nitrogens with zero attached hydrogens (tertiary/aromatic N) is 2. The van der Waals surface area contributed by atoms with Gasteiger partial charge in [0, 0.05) is 19.2 Å². The number of rotatable bonds is 4. The Kier molecular flexibility index (Phi) is 2.91. The summed E-state index contributed by atoms with van der Waals surface area (Å²) in [6.45, 7) is 1.000. The zero-order chi connectivity index (χ0) is 10.8. The van der Waals surface area contributed by atoms with E-state index in [2.05, 4.69) is 30.0 Å². The van der Waals surface area contributed by atoms with Crippen molar-refractivity contribution in [1.82, 2.24) is 9.88 Å². The first-order valence-electron chi connectivity index (χ1n) is 5.56. The number of likely N-dealkylation sites (N-methyl/N-ethyl adjacent to an activating group) is 1. The van der Waals surface area contributed by atoms with Crippen LogP contribution < -0.4 is 5.73 Å². The van der Waals surface area contributed by atoms with E-state index in [9.17, 15) is 0 Å². The number of nitrogen functional groups attached to an aromatic ring is 1. The molecule has 3 nitrogen and oxygen atoms in total. The van der Waals surface area contributed by atoms with Crippen LogP contribution in [0.3, 0.4) is 0 Å². The highest BCUT2D eigenvalue weighted by atomic mass is 15.0. The average Bonchev–Trinajstić information content (AvgIpc) is 2.98. The highest BCUT2D eigenvalue weighted by molar-refractivity contribution is 5.46. The predicted molar refractivity (Wildman–Crippen MR) is 62.9 cm³/mol. The average molecular weight is 205 g/mol. The molecule has 0 amide bonds. The molecule has 0 atom stereocenters. The zero-order valence-electron chi connectivity index (χ0n) is 9.53. The van der Waals surface area contributed by atoms with Crippen LogP contribution in [0.25, 0.3) is 0 Å².